The van der Waals surface area contributed by atoms with E-state index in [9.17, 15) is 0 Å². The molecule has 0 radical (unpaired) electrons. The molecular formula is C13H22N4. The maximum Gasteiger partial charge on any atom is 0.147 e. The van der Waals surface area contributed by atoms with Gasteiger partial charge >= 0.3 is 0 Å². The molecule has 1 aromatic heterocycles. The van der Waals surface area contributed by atoms with Crippen LogP contribution in [0.1, 0.15) is 38.3 Å². The summed E-state index contributed by atoms with van der Waals surface area (Å²) in [5.41, 5.74) is 1.08. The van der Waals surface area contributed by atoms with Crippen LogP contribution in [0.4, 0.5) is 5.82 Å². The van der Waals surface area contributed by atoms with Crippen molar-refractivity contribution in [2.45, 2.75) is 38.6 Å². The summed E-state index contributed by atoms with van der Waals surface area (Å²) in [6.45, 7) is 6.43. The molecule has 4 heteroatoms. The van der Waals surface area contributed by atoms with Gasteiger partial charge in [-0.15, -0.1) is 0 Å². The summed E-state index contributed by atoms with van der Waals surface area (Å²) in [6, 6.07) is 0.566. The van der Waals surface area contributed by atoms with Crippen molar-refractivity contribution in [3.05, 3.63) is 18.1 Å². The predicted octanol–water partition coefficient (Wildman–Crippen LogP) is 1.79. The molecule has 0 aromatic carbocycles. The van der Waals surface area contributed by atoms with E-state index in [1.807, 2.05) is 19.4 Å². The Labute approximate surface area is 103 Å². The van der Waals surface area contributed by atoms with Gasteiger partial charge in [0.05, 0.1) is 11.9 Å². The second-order valence-electron chi connectivity index (χ2n) is 5.00. The van der Waals surface area contributed by atoms with Gasteiger partial charge in [-0.1, -0.05) is 13.8 Å². The van der Waals surface area contributed by atoms with E-state index in [1.54, 1.807) is 0 Å². The third kappa shape index (κ3) is 2.75. The van der Waals surface area contributed by atoms with Gasteiger partial charge in [-0.25, -0.2) is 4.98 Å². The monoisotopic (exact) mass is 234 g/mol. The second-order valence-corrected chi connectivity index (χ2v) is 5.00. The van der Waals surface area contributed by atoms with Gasteiger partial charge in [-0.05, 0) is 25.8 Å². The summed E-state index contributed by atoms with van der Waals surface area (Å²) in [7, 11) is 2.01. The maximum absolute atomic E-state index is 4.72. The van der Waals surface area contributed by atoms with Crippen LogP contribution in [0.15, 0.2) is 12.4 Å². The van der Waals surface area contributed by atoms with Crippen LogP contribution >= 0.6 is 0 Å². The van der Waals surface area contributed by atoms with Crippen LogP contribution < -0.4 is 10.2 Å². The molecule has 17 heavy (non-hydrogen) atoms. The highest BCUT2D eigenvalue weighted by Crippen LogP contribution is 2.24. The number of nitrogens with one attached hydrogen (secondary N) is 1. The standard InChI is InChI=1S/C13H22N4/c1-10(2)12-8-15-9-13(16-12)17-6-4-5-11(17)7-14-3/h8-11,14H,4-7H2,1-3H3. The number of nitrogens with zero attached hydrogens (tertiary/aromatic N) is 3. The first kappa shape index (κ1) is 12.3. The zero-order valence-corrected chi connectivity index (χ0v) is 11.0. The van der Waals surface area contributed by atoms with Gasteiger partial charge in [0, 0.05) is 25.3 Å². The van der Waals surface area contributed by atoms with E-state index in [2.05, 4.69) is 29.0 Å². The van der Waals surface area contributed by atoms with Crippen LogP contribution in [0, 0.1) is 0 Å². The molecule has 1 N–H and O–H groups in total. The third-order valence-electron chi connectivity index (χ3n) is 3.34. The third-order valence-corrected chi connectivity index (χ3v) is 3.34. The molecule has 2 heterocycles. The number of hydrogen-bond acceptors (Lipinski definition) is 4. The molecule has 1 fully saturated rings. The fraction of sp³-hybridized carbons (Fsp3) is 0.692. The Morgan fingerprint density at radius 1 is 1.47 bits per heavy atom. The van der Waals surface area contributed by atoms with Gasteiger partial charge in [0.2, 0.25) is 0 Å². The zero-order chi connectivity index (χ0) is 12.3. The van der Waals surface area contributed by atoms with Crippen molar-refractivity contribution in [3.63, 3.8) is 0 Å². The Balaban J connectivity index is 2.18. The molecule has 1 aromatic rings. The molecule has 1 aliphatic heterocycles. The number of hydrogen-bond donors (Lipinski definition) is 1. The van der Waals surface area contributed by atoms with E-state index in [1.165, 1.54) is 12.8 Å². The molecule has 4 nitrogen and oxygen atoms in total. The highest BCUT2D eigenvalue weighted by atomic mass is 15.2. The molecule has 0 amide bonds. The van der Waals surface area contributed by atoms with Crippen LogP contribution in [-0.4, -0.2) is 36.1 Å². The predicted molar refractivity (Wildman–Crippen MR) is 70.4 cm³/mol. The van der Waals surface area contributed by atoms with E-state index in [-0.39, 0.29) is 0 Å². The first-order valence-electron chi connectivity index (χ1n) is 6.45. The molecule has 1 atom stereocenters. The lowest BCUT2D eigenvalue weighted by Gasteiger charge is -2.25. The van der Waals surface area contributed by atoms with Gasteiger partial charge in [-0.3, -0.25) is 4.98 Å². The molecular weight excluding hydrogens is 212 g/mol. The lowest BCUT2D eigenvalue weighted by atomic mass is 10.1. The van der Waals surface area contributed by atoms with Crippen molar-refractivity contribution in [1.82, 2.24) is 15.3 Å². The topological polar surface area (TPSA) is 41.0 Å². The smallest absolute Gasteiger partial charge is 0.147 e. The fourth-order valence-corrected chi connectivity index (χ4v) is 2.37. The summed E-state index contributed by atoms with van der Waals surface area (Å²) >= 11 is 0. The second kappa shape index (κ2) is 5.45. The van der Waals surface area contributed by atoms with Gasteiger partial charge in [-0.2, -0.15) is 0 Å². The van der Waals surface area contributed by atoms with E-state index in [0.717, 1.165) is 24.6 Å². The number of aromatic nitrogens is 2. The van der Waals surface area contributed by atoms with Gasteiger partial charge < -0.3 is 10.2 Å². The van der Waals surface area contributed by atoms with Crippen molar-refractivity contribution < 1.29 is 0 Å². The van der Waals surface area contributed by atoms with E-state index >= 15 is 0 Å². The SMILES string of the molecule is CNCC1CCCN1c1cncc(C(C)C)n1. The Hall–Kier alpha value is -1.16. The number of anilines is 1. The first-order valence-corrected chi connectivity index (χ1v) is 6.45. The number of rotatable bonds is 4. The summed E-state index contributed by atoms with van der Waals surface area (Å²) in [5, 5.41) is 3.26. The van der Waals surface area contributed by atoms with Crippen molar-refractivity contribution in [2.75, 3.05) is 25.0 Å². The molecule has 2 rings (SSSR count). The summed E-state index contributed by atoms with van der Waals surface area (Å²) < 4.78 is 0. The van der Waals surface area contributed by atoms with E-state index < -0.39 is 0 Å². The summed E-state index contributed by atoms with van der Waals surface area (Å²) in [5.74, 6) is 1.47. The Bertz CT molecular complexity index is 364. The minimum atomic E-state index is 0.438. The highest BCUT2D eigenvalue weighted by molar-refractivity contribution is 5.39. The lowest BCUT2D eigenvalue weighted by Crippen LogP contribution is -2.37. The molecule has 0 saturated carbocycles. The average Bonchev–Trinajstić information content (AvgIpc) is 2.78. The lowest BCUT2D eigenvalue weighted by molar-refractivity contribution is 0.609. The van der Waals surface area contributed by atoms with Crippen LogP contribution in [0.5, 0.6) is 0 Å². The van der Waals surface area contributed by atoms with E-state index in [4.69, 9.17) is 4.98 Å². The van der Waals surface area contributed by atoms with Crippen LogP contribution in [0.25, 0.3) is 0 Å². The van der Waals surface area contributed by atoms with Gasteiger partial charge in [0.25, 0.3) is 0 Å². The molecule has 0 bridgehead atoms. The minimum Gasteiger partial charge on any atom is -0.351 e. The molecule has 1 unspecified atom stereocenters. The largest absolute Gasteiger partial charge is 0.351 e. The molecule has 1 aliphatic rings. The average molecular weight is 234 g/mol. The Morgan fingerprint density at radius 2 is 2.29 bits per heavy atom. The Kier molecular flexibility index (Phi) is 3.94. The van der Waals surface area contributed by atoms with E-state index in [0.29, 0.717) is 12.0 Å². The van der Waals surface area contributed by atoms with Crippen LogP contribution in [0.3, 0.4) is 0 Å². The van der Waals surface area contributed by atoms with Crippen molar-refractivity contribution in [3.8, 4) is 0 Å². The van der Waals surface area contributed by atoms with Gasteiger partial charge in [0.15, 0.2) is 0 Å². The maximum atomic E-state index is 4.72. The normalized spacial score (nSPS) is 20.2. The highest BCUT2D eigenvalue weighted by Gasteiger charge is 2.25. The van der Waals surface area contributed by atoms with Gasteiger partial charge in [0.1, 0.15) is 5.82 Å². The number of likely N-dealkylation sites (N-methyl/N-ethyl adjacent to an activating group) is 1. The quantitative estimate of drug-likeness (QED) is 0.862. The molecule has 94 valence electrons. The summed E-state index contributed by atoms with van der Waals surface area (Å²) in [6.07, 6.45) is 6.26. The summed E-state index contributed by atoms with van der Waals surface area (Å²) in [4.78, 5) is 11.4. The fourth-order valence-electron chi connectivity index (χ4n) is 2.37. The molecule has 1 saturated heterocycles. The van der Waals surface area contributed by atoms with Crippen LogP contribution in [0.2, 0.25) is 0 Å². The first-order chi connectivity index (χ1) is 8.22. The molecule has 0 aliphatic carbocycles. The van der Waals surface area contributed by atoms with Crippen molar-refractivity contribution in [1.29, 1.82) is 0 Å². The van der Waals surface area contributed by atoms with Crippen molar-refractivity contribution >= 4 is 5.82 Å². The van der Waals surface area contributed by atoms with Crippen LogP contribution in [-0.2, 0) is 0 Å². The van der Waals surface area contributed by atoms with Crippen molar-refractivity contribution in [2.24, 2.45) is 0 Å². The molecule has 0 spiro atoms. The minimum absolute atomic E-state index is 0.438. The Morgan fingerprint density at radius 3 is 3.00 bits per heavy atom. The zero-order valence-electron chi connectivity index (χ0n) is 11.0.